The maximum Gasteiger partial charge on any atom is 0.155 e. The molecule has 1 saturated carbocycles. The fourth-order valence-corrected chi connectivity index (χ4v) is 2.59. The topological polar surface area (TPSA) is 45.8 Å². The quantitative estimate of drug-likeness (QED) is 0.860. The molecule has 5 heteroatoms. The lowest BCUT2D eigenvalue weighted by Gasteiger charge is -2.14. The van der Waals surface area contributed by atoms with Crippen molar-refractivity contribution in [2.75, 3.05) is 13.6 Å². The molecule has 0 N–H and O–H groups in total. The molecule has 5 nitrogen and oxygen atoms in total. The van der Waals surface area contributed by atoms with E-state index in [0.29, 0.717) is 5.92 Å². The summed E-state index contributed by atoms with van der Waals surface area (Å²) in [7, 11) is 3.96. The van der Waals surface area contributed by atoms with E-state index in [1.807, 2.05) is 40.3 Å². The number of allylic oxidation sites excluding steroid dienone is 1. The van der Waals surface area contributed by atoms with Crippen LogP contribution in [0.4, 0.5) is 0 Å². The summed E-state index contributed by atoms with van der Waals surface area (Å²) in [5.74, 6) is 2.65. The zero-order chi connectivity index (χ0) is 16.3. The molecule has 1 aromatic rings. The molecule has 120 valence electrons. The predicted molar refractivity (Wildman–Crippen MR) is 92.3 cm³/mol. The number of hydrogen-bond donors (Lipinski definition) is 0. The second-order valence-electron chi connectivity index (χ2n) is 5.50. The maximum absolute atomic E-state index is 4.85. The van der Waals surface area contributed by atoms with Crippen molar-refractivity contribution in [2.45, 2.75) is 40.5 Å². The standard InChI is InChI=1S/C15H21N5.C2H6/c1-5-16-15-13(10(2)11-6-7-11)18-14(20(15)4)12-8-17-19(3)9-12;1-2/h8-9,11H,5-7H2,1-4H3;1-2H3/b13-10-,16-15?;. The average molecular weight is 301 g/mol. The molecule has 3 rings (SSSR count). The molecule has 0 atom stereocenters. The average Bonchev–Trinajstić information content (AvgIpc) is 3.22. The van der Waals surface area contributed by atoms with Crippen LogP contribution in [0.1, 0.15) is 46.1 Å². The fraction of sp³-hybridized carbons (Fsp3) is 0.588. The molecule has 1 aromatic heterocycles. The third-order valence-electron chi connectivity index (χ3n) is 3.90. The van der Waals surface area contributed by atoms with Crippen LogP contribution >= 0.6 is 0 Å². The molecule has 0 spiro atoms. The van der Waals surface area contributed by atoms with Crippen molar-refractivity contribution in [3.8, 4) is 0 Å². The van der Waals surface area contributed by atoms with E-state index in [0.717, 1.165) is 29.5 Å². The summed E-state index contributed by atoms with van der Waals surface area (Å²) in [5.41, 5.74) is 3.48. The van der Waals surface area contributed by atoms with Crippen molar-refractivity contribution < 1.29 is 0 Å². The van der Waals surface area contributed by atoms with Gasteiger partial charge in [-0.25, -0.2) is 4.99 Å². The normalized spacial score (nSPS) is 21.6. The highest BCUT2D eigenvalue weighted by atomic mass is 15.3. The first-order valence-corrected chi connectivity index (χ1v) is 8.18. The van der Waals surface area contributed by atoms with Crippen LogP contribution in [0, 0.1) is 5.92 Å². The predicted octanol–water partition coefficient (Wildman–Crippen LogP) is 3.24. The monoisotopic (exact) mass is 301 g/mol. The molecule has 2 heterocycles. The second kappa shape index (κ2) is 6.90. The van der Waals surface area contributed by atoms with Crippen LogP contribution in [0.5, 0.6) is 0 Å². The van der Waals surface area contributed by atoms with E-state index in [2.05, 4.69) is 28.8 Å². The van der Waals surface area contributed by atoms with E-state index in [-0.39, 0.29) is 0 Å². The first-order valence-electron chi connectivity index (χ1n) is 8.18. The van der Waals surface area contributed by atoms with Crippen molar-refractivity contribution in [2.24, 2.45) is 23.0 Å². The molecule has 2 aliphatic rings. The van der Waals surface area contributed by atoms with E-state index in [1.165, 1.54) is 18.4 Å². The van der Waals surface area contributed by atoms with Crippen LogP contribution in [-0.4, -0.2) is 39.9 Å². The minimum atomic E-state index is 0.706. The van der Waals surface area contributed by atoms with Crippen molar-refractivity contribution in [3.63, 3.8) is 0 Å². The third kappa shape index (κ3) is 3.13. The van der Waals surface area contributed by atoms with E-state index < -0.39 is 0 Å². The first kappa shape index (κ1) is 16.5. The smallest absolute Gasteiger partial charge is 0.155 e. The Morgan fingerprint density at radius 2 is 2.00 bits per heavy atom. The van der Waals surface area contributed by atoms with Crippen molar-refractivity contribution in [1.29, 1.82) is 0 Å². The summed E-state index contributed by atoms with van der Waals surface area (Å²) < 4.78 is 1.80. The van der Waals surface area contributed by atoms with Gasteiger partial charge in [0.05, 0.1) is 11.8 Å². The SMILES string of the molecule is CC.CCN=C1/C(=C(\C)C2CC2)N=C(c2cnn(C)c2)N1C. The lowest BCUT2D eigenvalue weighted by atomic mass is 10.1. The summed E-state index contributed by atoms with van der Waals surface area (Å²) in [6.45, 7) is 9.03. The zero-order valence-electron chi connectivity index (χ0n) is 14.6. The molecule has 0 radical (unpaired) electrons. The number of nitrogens with zero attached hydrogens (tertiary/aromatic N) is 5. The van der Waals surface area contributed by atoms with Crippen LogP contribution in [0.2, 0.25) is 0 Å². The number of hydrogen-bond acceptors (Lipinski definition) is 3. The Kier molecular flexibility index (Phi) is 5.16. The van der Waals surface area contributed by atoms with E-state index in [1.54, 1.807) is 4.68 Å². The summed E-state index contributed by atoms with van der Waals surface area (Å²) in [6.07, 6.45) is 6.43. The van der Waals surface area contributed by atoms with Crippen molar-refractivity contribution in [3.05, 3.63) is 29.2 Å². The van der Waals surface area contributed by atoms with Gasteiger partial charge in [-0.05, 0) is 38.2 Å². The van der Waals surface area contributed by atoms with Gasteiger partial charge in [-0.1, -0.05) is 13.8 Å². The summed E-state index contributed by atoms with van der Waals surface area (Å²) >= 11 is 0. The van der Waals surface area contributed by atoms with Gasteiger partial charge in [0, 0.05) is 26.8 Å². The molecule has 0 amide bonds. The van der Waals surface area contributed by atoms with E-state index >= 15 is 0 Å². The minimum Gasteiger partial charge on any atom is -0.312 e. The van der Waals surface area contributed by atoms with Gasteiger partial charge >= 0.3 is 0 Å². The fourth-order valence-electron chi connectivity index (χ4n) is 2.59. The number of aryl methyl sites for hydroxylation is 1. The van der Waals surface area contributed by atoms with Gasteiger partial charge in [0.1, 0.15) is 11.5 Å². The Balaban J connectivity index is 0.000000847. The lowest BCUT2D eigenvalue weighted by Crippen LogP contribution is -2.28. The number of likely N-dealkylation sites (N-methyl/N-ethyl adjacent to an activating group) is 1. The van der Waals surface area contributed by atoms with Crippen LogP contribution in [0.25, 0.3) is 0 Å². The van der Waals surface area contributed by atoms with Crippen LogP contribution < -0.4 is 0 Å². The maximum atomic E-state index is 4.85. The Bertz CT molecular complexity index is 617. The molecule has 0 bridgehead atoms. The highest BCUT2D eigenvalue weighted by molar-refractivity contribution is 6.20. The molecule has 0 aromatic carbocycles. The third-order valence-corrected chi connectivity index (χ3v) is 3.90. The molecular weight excluding hydrogens is 274 g/mol. The molecule has 0 unspecified atom stereocenters. The number of aliphatic imine (C=N–C) groups is 2. The Labute approximate surface area is 133 Å². The van der Waals surface area contributed by atoms with E-state index in [4.69, 9.17) is 4.99 Å². The number of rotatable bonds is 3. The van der Waals surface area contributed by atoms with Gasteiger partial charge in [0.15, 0.2) is 5.84 Å². The summed E-state index contributed by atoms with van der Waals surface area (Å²) in [5, 5.41) is 4.24. The highest BCUT2D eigenvalue weighted by Crippen LogP contribution is 2.39. The Morgan fingerprint density at radius 3 is 2.50 bits per heavy atom. The molecule has 1 aliphatic heterocycles. The largest absolute Gasteiger partial charge is 0.312 e. The van der Waals surface area contributed by atoms with Gasteiger partial charge < -0.3 is 4.90 Å². The molecule has 1 aliphatic carbocycles. The summed E-state index contributed by atoms with van der Waals surface area (Å²) in [6, 6.07) is 0. The first-order chi connectivity index (χ1) is 10.6. The van der Waals surface area contributed by atoms with Crippen molar-refractivity contribution >= 4 is 11.7 Å². The Hall–Kier alpha value is -1.91. The second-order valence-corrected chi connectivity index (χ2v) is 5.50. The summed E-state index contributed by atoms with van der Waals surface area (Å²) in [4.78, 5) is 11.6. The van der Waals surface area contributed by atoms with Gasteiger partial charge in [0.25, 0.3) is 0 Å². The lowest BCUT2D eigenvalue weighted by molar-refractivity contribution is 0.760. The molecular formula is C17H27N5. The van der Waals surface area contributed by atoms with Gasteiger partial charge in [-0.3, -0.25) is 9.67 Å². The van der Waals surface area contributed by atoms with Crippen molar-refractivity contribution in [1.82, 2.24) is 14.7 Å². The van der Waals surface area contributed by atoms with Crippen LogP contribution in [-0.2, 0) is 7.05 Å². The highest BCUT2D eigenvalue weighted by Gasteiger charge is 2.33. The van der Waals surface area contributed by atoms with Gasteiger partial charge in [0.2, 0.25) is 0 Å². The number of aromatic nitrogens is 2. The van der Waals surface area contributed by atoms with Crippen LogP contribution in [0.15, 0.2) is 33.6 Å². The number of amidine groups is 2. The van der Waals surface area contributed by atoms with Crippen LogP contribution in [0.3, 0.4) is 0 Å². The molecule has 0 saturated heterocycles. The Morgan fingerprint density at radius 1 is 1.32 bits per heavy atom. The van der Waals surface area contributed by atoms with Gasteiger partial charge in [-0.15, -0.1) is 0 Å². The van der Waals surface area contributed by atoms with Gasteiger partial charge in [-0.2, -0.15) is 5.10 Å². The zero-order valence-corrected chi connectivity index (χ0v) is 14.6. The minimum absolute atomic E-state index is 0.706. The van der Waals surface area contributed by atoms with E-state index in [9.17, 15) is 0 Å². The molecule has 1 fully saturated rings. The molecule has 22 heavy (non-hydrogen) atoms.